The standard InChI is InChI=1S/C17H13Cl3N4O/c18-11-6-4-10(5-7-11)16-22-14(23-24-16)8-9-21-17(25)12-2-1-3-13(19)15(12)20/h1-7H,8-9H2,(H,21,25)(H,22,23,24). The summed E-state index contributed by atoms with van der Waals surface area (Å²) in [7, 11) is 0. The average Bonchev–Trinajstić information content (AvgIpc) is 3.07. The molecule has 3 rings (SSSR count). The first-order chi connectivity index (χ1) is 12.0. The first-order valence-corrected chi connectivity index (χ1v) is 8.57. The van der Waals surface area contributed by atoms with Crippen LogP contribution in [0.3, 0.4) is 0 Å². The van der Waals surface area contributed by atoms with E-state index in [2.05, 4.69) is 20.5 Å². The van der Waals surface area contributed by atoms with Gasteiger partial charge >= 0.3 is 0 Å². The third-order valence-electron chi connectivity index (χ3n) is 3.48. The zero-order valence-corrected chi connectivity index (χ0v) is 15.2. The number of halogens is 3. The number of nitrogens with one attached hydrogen (secondary N) is 2. The largest absolute Gasteiger partial charge is 0.352 e. The molecule has 1 aromatic heterocycles. The Morgan fingerprint density at radius 1 is 1.08 bits per heavy atom. The molecule has 0 saturated heterocycles. The van der Waals surface area contributed by atoms with Crippen molar-refractivity contribution < 1.29 is 4.79 Å². The number of carbonyl (C=O) groups excluding carboxylic acids is 1. The molecule has 0 spiro atoms. The summed E-state index contributed by atoms with van der Waals surface area (Å²) >= 11 is 17.8. The van der Waals surface area contributed by atoms with E-state index in [4.69, 9.17) is 34.8 Å². The van der Waals surface area contributed by atoms with Crippen molar-refractivity contribution in [2.24, 2.45) is 0 Å². The number of benzene rings is 2. The van der Waals surface area contributed by atoms with Gasteiger partial charge in [0.2, 0.25) is 0 Å². The fraction of sp³-hybridized carbons (Fsp3) is 0.118. The van der Waals surface area contributed by atoms with Crippen LogP contribution in [0.4, 0.5) is 0 Å². The molecule has 25 heavy (non-hydrogen) atoms. The van der Waals surface area contributed by atoms with Gasteiger partial charge < -0.3 is 5.32 Å². The molecule has 0 bridgehead atoms. The van der Waals surface area contributed by atoms with E-state index in [9.17, 15) is 4.79 Å². The molecule has 0 fully saturated rings. The molecule has 0 aliphatic rings. The zero-order chi connectivity index (χ0) is 17.8. The Morgan fingerprint density at radius 2 is 1.84 bits per heavy atom. The van der Waals surface area contributed by atoms with Gasteiger partial charge in [0.05, 0.1) is 15.6 Å². The van der Waals surface area contributed by atoms with Crippen LogP contribution in [-0.2, 0) is 6.42 Å². The number of hydrogen-bond donors (Lipinski definition) is 2. The first kappa shape index (κ1) is 17.7. The van der Waals surface area contributed by atoms with Crippen LogP contribution in [0.15, 0.2) is 42.5 Å². The highest BCUT2D eigenvalue weighted by molar-refractivity contribution is 6.43. The molecular weight excluding hydrogens is 383 g/mol. The predicted molar refractivity (Wildman–Crippen MR) is 99.3 cm³/mol. The monoisotopic (exact) mass is 394 g/mol. The highest BCUT2D eigenvalue weighted by Gasteiger charge is 2.12. The molecule has 2 aromatic carbocycles. The molecule has 0 radical (unpaired) electrons. The van der Waals surface area contributed by atoms with Crippen molar-refractivity contribution >= 4 is 40.7 Å². The molecular formula is C17H13Cl3N4O. The van der Waals surface area contributed by atoms with E-state index in [1.54, 1.807) is 30.3 Å². The number of aromatic amines is 1. The number of H-pyrrole nitrogens is 1. The van der Waals surface area contributed by atoms with Gasteiger partial charge in [-0.1, -0.05) is 40.9 Å². The Bertz CT molecular complexity index is 893. The minimum atomic E-state index is -0.287. The highest BCUT2D eigenvalue weighted by atomic mass is 35.5. The predicted octanol–water partition coefficient (Wildman–Crippen LogP) is 4.40. The van der Waals surface area contributed by atoms with E-state index in [-0.39, 0.29) is 10.9 Å². The van der Waals surface area contributed by atoms with E-state index in [1.807, 2.05) is 12.1 Å². The lowest BCUT2D eigenvalue weighted by molar-refractivity contribution is 0.0954. The van der Waals surface area contributed by atoms with Gasteiger partial charge in [0, 0.05) is 23.6 Å². The second-order valence-electron chi connectivity index (χ2n) is 5.22. The summed E-state index contributed by atoms with van der Waals surface area (Å²) < 4.78 is 0. The van der Waals surface area contributed by atoms with Gasteiger partial charge in [-0.15, -0.1) is 0 Å². The van der Waals surface area contributed by atoms with Crippen molar-refractivity contribution in [2.75, 3.05) is 6.54 Å². The summed E-state index contributed by atoms with van der Waals surface area (Å²) in [5, 5.41) is 11.1. The lowest BCUT2D eigenvalue weighted by Gasteiger charge is -2.06. The van der Waals surface area contributed by atoms with Crippen LogP contribution in [0.5, 0.6) is 0 Å². The number of amides is 1. The van der Waals surface area contributed by atoms with Crippen LogP contribution in [-0.4, -0.2) is 27.6 Å². The van der Waals surface area contributed by atoms with Crippen molar-refractivity contribution in [3.63, 3.8) is 0 Å². The van der Waals surface area contributed by atoms with Gasteiger partial charge in [0.25, 0.3) is 5.91 Å². The van der Waals surface area contributed by atoms with E-state index < -0.39 is 0 Å². The Morgan fingerprint density at radius 3 is 2.60 bits per heavy atom. The highest BCUT2D eigenvalue weighted by Crippen LogP contribution is 2.25. The van der Waals surface area contributed by atoms with Gasteiger partial charge in [0.1, 0.15) is 5.82 Å². The van der Waals surface area contributed by atoms with Gasteiger partial charge in [-0.3, -0.25) is 9.89 Å². The van der Waals surface area contributed by atoms with E-state index >= 15 is 0 Å². The van der Waals surface area contributed by atoms with Crippen LogP contribution in [0.1, 0.15) is 16.2 Å². The van der Waals surface area contributed by atoms with Crippen molar-refractivity contribution in [3.05, 3.63) is 68.9 Å². The molecule has 2 N–H and O–H groups in total. The molecule has 3 aromatic rings. The summed E-state index contributed by atoms with van der Waals surface area (Å²) in [5.74, 6) is 0.961. The Labute approximate surface area is 159 Å². The molecule has 5 nitrogen and oxygen atoms in total. The maximum atomic E-state index is 12.2. The molecule has 128 valence electrons. The van der Waals surface area contributed by atoms with Crippen molar-refractivity contribution in [1.29, 1.82) is 0 Å². The van der Waals surface area contributed by atoms with Gasteiger partial charge in [-0.25, -0.2) is 4.98 Å². The van der Waals surface area contributed by atoms with Crippen molar-refractivity contribution in [3.8, 4) is 11.4 Å². The van der Waals surface area contributed by atoms with Crippen molar-refractivity contribution in [1.82, 2.24) is 20.5 Å². The van der Waals surface area contributed by atoms with Crippen LogP contribution < -0.4 is 5.32 Å². The first-order valence-electron chi connectivity index (χ1n) is 7.44. The lowest BCUT2D eigenvalue weighted by atomic mass is 10.2. The van der Waals surface area contributed by atoms with Crippen LogP contribution in [0, 0.1) is 0 Å². The number of nitrogens with zero attached hydrogens (tertiary/aromatic N) is 2. The molecule has 8 heteroatoms. The minimum Gasteiger partial charge on any atom is -0.352 e. The van der Waals surface area contributed by atoms with Crippen LogP contribution >= 0.6 is 34.8 Å². The number of rotatable bonds is 5. The second kappa shape index (κ2) is 7.87. The number of carbonyl (C=O) groups is 1. The van der Waals surface area contributed by atoms with Crippen LogP contribution in [0.25, 0.3) is 11.4 Å². The maximum Gasteiger partial charge on any atom is 0.252 e. The Balaban J connectivity index is 1.58. The topological polar surface area (TPSA) is 70.7 Å². The summed E-state index contributed by atoms with van der Waals surface area (Å²) in [6.07, 6.45) is 0.504. The smallest absolute Gasteiger partial charge is 0.252 e. The average molecular weight is 396 g/mol. The number of aromatic nitrogens is 3. The third kappa shape index (κ3) is 4.31. The zero-order valence-electron chi connectivity index (χ0n) is 12.9. The molecule has 0 aliphatic heterocycles. The molecule has 0 atom stereocenters. The van der Waals surface area contributed by atoms with E-state index in [0.717, 1.165) is 5.56 Å². The molecule has 0 saturated carbocycles. The molecule has 1 heterocycles. The molecule has 0 aliphatic carbocycles. The maximum absolute atomic E-state index is 12.2. The van der Waals surface area contributed by atoms with Gasteiger partial charge in [-0.05, 0) is 36.4 Å². The summed E-state index contributed by atoms with van der Waals surface area (Å²) in [5.41, 5.74) is 1.20. The lowest BCUT2D eigenvalue weighted by Crippen LogP contribution is -2.26. The minimum absolute atomic E-state index is 0.242. The van der Waals surface area contributed by atoms with Gasteiger partial charge in [-0.2, -0.15) is 5.10 Å². The van der Waals surface area contributed by atoms with E-state index in [0.29, 0.717) is 40.2 Å². The normalized spacial score (nSPS) is 10.7. The second-order valence-corrected chi connectivity index (χ2v) is 6.44. The SMILES string of the molecule is O=C(NCCc1nc(-c2ccc(Cl)cc2)n[nH]1)c1cccc(Cl)c1Cl. The summed E-state index contributed by atoms with van der Waals surface area (Å²) in [6, 6.07) is 12.2. The molecule has 1 amide bonds. The van der Waals surface area contributed by atoms with Crippen molar-refractivity contribution in [2.45, 2.75) is 6.42 Å². The quantitative estimate of drug-likeness (QED) is 0.672. The Hall–Kier alpha value is -2.08. The fourth-order valence-corrected chi connectivity index (χ4v) is 2.72. The summed E-state index contributed by atoms with van der Waals surface area (Å²) in [6.45, 7) is 0.386. The third-order valence-corrected chi connectivity index (χ3v) is 4.55. The molecule has 0 unspecified atom stereocenters. The van der Waals surface area contributed by atoms with Crippen LogP contribution in [0.2, 0.25) is 15.1 Å². The van der Waals surface area contributed by atoms with E-state index in [1.165, 1.54) is 0 Å². The number of hydrogen-bond acceptors (Lipinski definition) is 3. The van der Waals surface area contributed by atoms with Gasteiger partial charge in [0.15, 0.2) is 5.82 Å². The fourth-order valence-electron chi connectivity index (χ4n) is 2.20. The summed E-state index contributed by atoms with van der Waals surface area (Å²) in [4.78, 5) is 16.6. The Kier molecular flexibility index (Phi) is 5.58.